The Balaban J connectivity index is 3.08. The molecule has 0 aromatic heterocycles. The Morgan fingerprint density at radius 3 is 2.50 bits per heavy atom. The number of hydrogen-bond donors (Lipinski definition) is 1. The summed E-state index contributed by atoms with van der Waals surface area (Å²) in [5.74, 6) is 0. The zero-order valence-corrected chi connectivity index (χ0v) is 11.6. The molecule has 0 bridgehead atoms. The van der Waals surface area contributed by atoms with Crippen molar-refractivity contribution >= 4 is 0 Å². The van der Waals surface area contributed by atoms with Gasteiger partial charge in [0, 0.05) is 6.61 Å². The van der Waals surface area contributed by atoms with E-state index in [0.717, 1.165) is 19.7 Å². The Labute approximate surface area is 102 Å². The fraction of sp³-hybridized carbons (Fsp3) is 1.00. The maximum atomic E-state index is 5.77. The Bertz CT molecular complexity index is 128. The van der Waals surface area contributed by atoms with Crippen molar-refractivity contribution in [1.29, 1.82) is 0 Å². The van der Waals surface area contributed by atoms with Crippen LogP contribution in [-0.2, 0) is 4.74 Å². The van der Waals surface area contributed by atoms with E-state index in [4.69, 9.17) is 4.74 Å². The first-order chi connectivity index (χ1) is 7.81. The van der Waals surface area contributed by atoms with Crippen molar-refractivity contribution in [2.75, 3.05) is 19.7 Å². The molecule has 0 spiro atoms. The summed E-state index contributed by atoms with van der Waals surface area (Å²) in [4.78, 5) is 0. The summed E-state index contributed by atoms with van der Waals surface area (Å²) in [6.07, 6.45) is 9.48. The van der Waals surface area contributed by atoms with E-state index in [1.165, 1.54) is 44.9 Å². The third-order valence-electron chi connectivity index (χ3n) is 2.86. The van der Waals surface area contributed by atoms with Gasteiger partial charge in [-0.1, -0.05) is 39.5 Å². The molecule has 0 amide bonds. The van der Waals surface area contributed by atoms with E-state index >= 15 is 0 Å². The Kier molecular flexibility index (Phi) is 12.9. The minimum atomic E-state index is 0.455. The summed E-state index contributed by atoms with van der Waals surface area (Å²) < 4.78 is 5.77. The van der Waals surface area contributed by atoms with Crippen LogP contribution in [0.15, 0.2) is 0 Å². The van der Waals surface area contributed by atoms with Crippen molar-refractivity contribution in [3.8, 4) is 0 Å². The predicted molar refractivity (Wildman–Crippen MR) is 72.0 cm³/mol. The first-order valence-corrected chi connectivity index (χ1v) is 7.13. The lowest BCUT2D eigenvalue weighted by Crippen LogP contribution is -2.15. The summed E-state index contributed by atoms with van der Waals surface area (Å²) in [6.45, 7) is 9.75. The maximum absolute atomic E-state index is 5.77. The molecule has 98 valence electrons. The number of rotatable bonds is 12. The molecule has 1 N–H and O–H groups in total. The van der Waals surface area contributed by atoms with Crippen molar-refractivity contribution in [2.45, 2.75) is 71.8 Å². The molecule has 0 fully saturated rings. The monoisotopic (exact) mass is 229 g/mol. The van der Waals surface area contributed by atoms with E-state index in [9.17, 15) is 0 Å². The van der Waals surface area contributed by atoms with Crippen LogP contribution in [0.4, 0.5) is 0 Å². The average molecular weight is 229 g/mol. The van der Waals surface area contributed by atoms with Gasteiger partial charge in [0.1, 0.15) is 0 Å². The van der Waals surface area contributed by atoms with Crippen LogP contribution in [0.3, 0.4) is 0 Å². The van der Waals surface area contributed by atoms with Gasteiger partial charge in [-0.15, -0.1) is 0 Å². The highest BCUT2D eigenvalue weighted by Crippen LogP contribution is 2.08. The molecule has 0 saturated heterocycles. The zero-order valence-electron chi connectivity index (χ0n) is 11.6. The molecule has 1 unspecified atom stereocenters. The second-order valence-electron chi connectivity index (χ2n) is 4.59. The van der Waals surface area contributed by atoms with Gasteiger partial charge in [0.25, 0.3) is 0 Å². The molecule has 0 aliphatic rings. The summed E-state index contributed by atoms with van der Waals surface area (Å²) in [5.41, 5.74) is 0. The lowest BCUT2D eigenvalue weighted by molar-refractivity contribution is 0.0560. The van der Waals surface area contributed by atoms with Crippen LogP contribution in [0.25, 0.3) is 0 Å². The Morgan fingerprint density at radius 2 is 1.81 bits per heavy atom. The van der Waals surface area contributed by atoms with Crippen LogP contribution in [0.1, 0.15) is 65.7 Å². The number of unbranched alkanes of at least 4 members (excludes halogenated alkanes) is 4. The van der Waals surface area contributed by atoms with E-state index < -0.39 is 0 Å². The highest BCUT2D eigenvalue weighted by atomic mass is 16.5. The van der Waals surface area contributed by atoms with Gasteiger partial charge in [-0.2, -0.15) is 0 Å². The molecule has 1 atom stereocenters. The molecule has 0 radical (unpaired) electrons. The highest BCUT2D eigenvalue weighted by Gasteiger charge is 2.01. The minimum absolute atomic E-state index is 0.455. The third kappa shape index (κ3) is 12.0. The average Bonchev–Trinajstić information content (AvgIpc) is 2.29. The Hall–Kier alpha value is -0.0800. The molecular weight excluding hydrogens is 198 g/mol. The zero-order chi connectivity index (χ0) is 12.1. The van der Waals surface area contributed by atoms with Crippen molar-refractivity contribution in [3.63, 3.8) is 0 Å². The summed E-state index contributed by atoms with van der Waals surface area (Å²) in [7, 11) is 0. The lowest BCUT2D eigenvalue weighted by atomic mass is 10.1. The molecule has 0 rings (SSSR count). The molecular formula is C14H31NO. The van der Waals surface area contributed by atoms with Crippen LogP contribution in [-0.4, -0.2) is 25.8 Å². The van der Waals surface area contributed by atoms with Gasteiger partial charge in [-0.25, -0.2) is 0 Å². The number of hydrogen-bond acceptors (Lipinski definition) is 2. The molecule has 0 aliphatic carbocycles. The summed E-state index contributed by atoms with van der Waals surface area (Å²) in [5, 5.41) is 3.33. The quantitative estimate of drug-likeness (QED) is 0.515. The molecule has 2 heteroatoms. The van der Waals surface area contributed by atoms with Crippen LogP contribution in [0.5, 0.6) is 0 Å². The molecule has 2 nitrogen and oxygen atoms in total. The van der Waals surface area contributed by atoms with E-state index in [1.807, 2.05) is 0 Å². The first-order valence-electron chi connectivity index (χ1n) is 7.13. The van der Waals surface area contributed by atoms with Gasteiger partial charge in [0.2, 0.25) is 0 Å². The fourth-order valence-electron chi connectivity index (χ4n) is 1.76. The largest absolute Gasteiger partial charge is 0.379 e. The fourth-order valence-corrected chi connectivity index (χ4v) is 1.76. The van der Waals surface area contributed by atoms with Crippen molar-refractivity contribution in [3.05, 3.63) is 0 Å². The van der Waals surface area contributed by atoms with E-state index in [2.05, 4.69) is 26.1 Å². The number of ether oxygens (including phenoxy) is 1. The van der Waals surface area contributed by atoms with Crippen molar-refractivity contribution in [1.82, 2.24) is 5.32 Å². The molecule has 0 saturated carbocycles. The highest BCUT2D eigenvalue weighted by molar-refractivity contribution is 4.52. The van der Waals surface area contributed by atoms with Gasteiger partial charge in [-0.05, 0) is 39.3 Å². The van der Waals surface area contributed by atoms with Crippen LogP contribution >= 0.6 is 0 Å². The van der Waals surface area contributed by atoms with Crippen molar-refractivity contribution < 1.29 is 4.74 Å². The second-order valence-corrected chi connectivity index (χ2v) is 4.59. The Morgan fingerprint density at radius 1 is 1.00 bits per heavy atom. The smallest absolute Gasteiger partial charge is 0.0547 e. The van der Waals surface area contributed by atoms with Gasteiger partial charge in [-0.3, -0.25) is 0 Å². The van der Waals surface area contributed by atoms with Gasteiger partial charge < -0.3 is 10.1 Å². The standard InChI is InChI=1S/C14H31NO/c1-4-6-7-8-11-14(3)16-13-10-9-12-15-5-2/h14-15H,4-13H2,1-3H3. The topological polar surface area (TPSA) is 21.3 Å². The van der Waals surface area contributed by atoms with E-state index in [-0.39, 0.29) is 0 Å². The molecule has 0 aliphatic heterocycles. The van der Waals surface area contributed by atoms with Gasteiger partial charge in [0.15, 0.2) is 0 Å². The predicted octanol–water partition coefficient (Wildman–Crippen LogP) is 3.75. The second kappa shape index (κ2) is 13.0. The lowest BCUT2D eigenvalue weighted by Gasteiger charge is -2.12. The first kappa shape index (κ1) is 15.9. The molecule has 0 heterocycles. The van der Waals surface area contributed by atoms with E-state index in [1.54, 1.807) is 0 Å². The molecule has 0 aromatic rings. The number of nitrogens with one attached hydrogen (secondary N) is 1. The molecule has 0 aromatic carbocycles. The SMILES string of the molecule is CCCCCCC(C)OCCCCNCC. The third-order valence-corrected chi connectivity index (χ3v) is 2.86. The normalized spacial score (nSPS) is 12.9. The van der Waals surface area contributed by atoms with Crippen molar-refractivity contribution in [2.24, 2.45) is 0 Å². The molecule has 16 heavy (non-hydrogen) atoms. The minimum Gasteiger partial charge on any atom is -0.379 e. The van der Waals surface area contributed by atoms with Crippen LogP contribution in [0.2, 0.25) is 0 Å². The van der Waals surface area contributed by atoms with Crippen LogP contribution < -0.4 is 5.32 Å². The van der Waals surface area contributed by atoms with Crippen LogP contribution in [0, 0.1) is 0 Å². The van der Waals surface area contributed by atoms with Gasteiger partial charge in [0.05, 0.1) is 6.10 Å². The van der Waals surface area contributed by atoms with Gasteiger partial charge >= 0.3 is 0 Å². The summed E-state index contributed by atoms with van der Waals surface area (Å²) in [6, 6.07) is 0. The van der Waals surface area contributed by atoms with E-state index in [0.29, 0.717) is 6.10 Å². The summed E-state index contributed by atoms with van der Waals surface area (Å²) >= 11 is 0. The maximum Gasteiger partial charge on any atom is 0.0547 e.